The Morgan fingerprint density at radius 2 is 1.86 bits per heavy atom. The van der Waals surface area contributed by atoms with Crippen molar-refractivity contribution in [3.05, 3.63) is 61.2 Å². The van der Waals surface area contributed by atoms with Crippen molar-refractivity contribution in [3.63, 3.8) is 0 Å². The van der Waals surface area contributed by atoms with Gasteiger partial charge in [0, 0.05) is 35.8 Å². The summed E-state index contributed by atoms with van der Waals surface area (Å²) in [6, 6.07) is 14.4. The summed E-state index contributed by atoms with van der Waals surface area (Å²) in [5, 5.41) is 0. The number of hydrogen-bond donors (Lipinski definition) is 0. The minimum Gasteiger partial charge on any atom is -0.329 e. The van der Waals surface area contributed by atoms with Gasteiger partial charge in [-0.2, -0.15) is 11.8 Å². The summed E-state index contributed by atoms with van der Waals surface area (Å²) in [6.45, 7) is 3.15. The van der Waals surface area contributed by atoms with Crippen molar-refractivity contribution in [3.8, 4) is 22.5 Å². The van der Waals surface area contributed by atoms with E-state index < -0.39 is 0 Å². The quantitative estimate of drug-likeness (QED) is 0.634. The Balaban J connectivity index is 2.04. The molecule has 0 saturated heterocycles. The highest BCUT2D eigenvalue weighted by molar-refractivity contribution is 7.99. The second-order valence-electron chi connectivity index (χ2n) is 4.94. The minimum atomic E-state index is 0.961. The summed E-state index contributed by atoms with van der Waals surface area (Å²) in [5.41, 5.74) is 4.43. The predicted molar refractivity (Wildman–Crippen MR) is 93.9 cm³/mol. The highest BCUT2D eigenvalue weighted by Crippen LogP contribution is 2.30. The van der Waals surface area contributed by atoms with Gasteiger partial charge in [0.15, 0.2) is 0 Å². The zero-order chi connectivity index (χ0) is 15.2. The molecule has 0 atom stereocenters. The van der Waals surface area contributed by atoms with E-state index in [0.717, 1.165) is 40.6 Å². The van der Waals surface area contributed by atoms with Gasteiger partial charge in [-0.25, -0.2) is 4.98 Å². The van der Waals surface area contributed by atoms with Gasteiger partial charge in [0.1, 0.15) is 0 Å². The molecule has 0 aliphatic carbocycles. The summed E-state index contributed by atoms with van der Waals surface area (Å²) in [6.07, 6.45) is 5.66. The lowest BCUT2D eigenvalue weighted by Gasteiger charge is -2.10. The van der Waals surface area contributed by atoms with E-state index >= 15 is 0 Å². The van der Waals surface area contributed by atoms with E-state index in [0.29, 0.717) is 0 Å². The van der Waals surface area contributed by atoms with Crippen LogP contribution in [0.15, 0.2) is 61.2 Å². The fourth-order valence-electron chi connectivity index (χ4n) is 2.47. The molecular weight excluding hydrogens is 290 g/mol. The number of pyridine rings is 1. The monoisotopic (exact) mass is 309 g/mol. The molecule has 0 unspecified atom stereocenters. The second-order valence-corrected chi connectivity index (χ2v) is 6.33. The Bertz CT molecular complexity index is 708. The Kier molecular flexibility index (Phi) is 4.91. The molecule has 4 heteroatoms. The third kappa shape index (κ3) is 3.22. The summed E-state index contributed by atoms with van der Waals surface area (Å²) in [4.78, 5) is 8.93. The molecule has 3 rings (SSSR count). The molecular formula is C18H19N3S. The summed E-state index contributed by atoms with van der Waals surface area (Å²) in [5.74, 6) is 2.23. The van der Waals surface area contributed by atoms with Crippen LogP contribution in [0, 0.1) is 0 Å². The summed E-state index contributed by atoms with van der Waals surface area (Å²) >= 11 is 1.95. The number of hydrogen-bond acceptors (Lipinski definition) is 3. The Morgan fingerprint density at radius 1 is 1.05 bits per heavy atom. The molecule has 0 amide bonds. The largest absolute Gasteiger partial charge is 0.329 e. The minimum absolute atomic E-state index is 0.961. The van der Waals surface area contributed by atoms with E-state index in [-0.39, 0.29) is 0 Å². The van der Waals surface area contributed by atoms with Gasteiger partial charge in [-0.1, -0.05) is 37.3 Å². The lowest BCUT2D eigenvalue weighted by Crippen LogP contribution is -2.02. The first-order valence-corrected chi connectivity index (χ1v) is 8.64. The van der Waals surface area contributed by atoms with Crippen LogP contribution in [0.1, 0.15) is 6.92 Å². The van der Waals surface area contributed by atoms with Crippen molar-refractivity contribution in [2.45, 2.75) is 13.5 Å². The number of thioether (sulfide) groups is 1. The Hall–Kier alpha value is -2.07. The number of imidazole rings is 1. The zero-order valence-corrected chi connectivity index (χ0v) is 13.5. The number of aryl methyl sites for hydroxylation is 1. The van der Waals surface area contributed by atoms with Crippen molar-refractivity contribution in [2.24, 2.45) is 0 Å². The molecule has 2 aromatic heterocycles. The molecule has 0 saturated carbocycles. The summed E-state index contributed by atoms with van der Waals surface area (Å²) in [7, 11) is 0. The van der Waals surface area contributed by atoms with Gasteiger partial charge in [0.2, 0.25) is 0 Å². The van der Waals surface area contributed by atoms with E-state index in [4.69, 9.17) is 0 Å². The number of rotatable bonds is 6. The second kappa shape index (κ2) is 7.27. The topological polar surface area (TPSA) is 30.7 Å². The molecule has 3 aromatic rings. The van der Waals surface area contributed by atoms with E-state index in [1.807, 2.05) is 48.6 Å². The first kappa shape index (κ1) is 14.9. The van der Waals surface area contributed by atoms with Gasteiger partial charge in [-0.15, -0.1) is 0 Å². The third-order valence-electron chi connectivity index (χ3n) is 3.50. The molecule has 0 aliphatic heterocycles. The number of aromatic nitrogens is 3. The van der Waals surface area contributed by atoms with Gasteiger partial charge in [-0.05, 0) is 17.9 Å². The van der Waals surface area contributed by atoms with E-state index in [1.54, 1.807) is 6.20 Å². The van der Waals surface area contributed by atoms with Crippen molar-refractivity contribution in [1.29, 1.82) is 0 Å². The first-order valence-electron chi connectivity index (χ1n) is 7.49. The predicted octanol–water partition coefficient (Wildman–Crippen LogP) is 4.37. The highest BCUT2D eigenvalue weighted by Gasteiger charge is 2.14. The van der Waals surface area contributed by atoms with E-state index in [1.165, 1.54) is 0 Å². The molecule has 0 spiro atoms. The number of benzene rings is 1. The smallest absolute Gasteiger partial charge is 0.0963 e. The van der Waals surface area contributed by atoms with Gasteiger partial charge < -0.3 is 4.57 Å². The standard InChI is InChI=1S/C18H19N3S/c1-2-22-12-11-21-14-20-17(15-7-4-3-5-8-15)18(21)16-9-6-10-19-13-16/h3-10,13-14H,2,11-12H2,1H3. The molecule has 2 heterocycles. The normalized spacial score (nSPS) is 10.8. The third-order valence-corrected chi connectivity index (χ3v) is 4.38. The van der Waals surface area contributed by atoms with Crippen LogP contribution < -0.4 is 0 Å². The average Bonchev–Trinajstić information content (AvgIpc) is 3.01. The molecule has 1 aromatic carbocycles. The van der Waals surface area contributed by atoms with Crippen LogP contribution in [-0.2, 0) is 6.54 Å². The van der Waals surface area contributed by atoms with Crippen molar-refractivity contribution < 1.29 is 0 Å². The molecule has 3 nitrogen and oxygen atoms in total. The van der Waals surface area contributed by atoms with Crippen LogP contribution >= 0.6 is 11.8 Å². The van der Waals surface area contributed by atoms with Crippen LogP contribution in [0.5, 0.6) is 0 Å². The van der Waals surface area contributed by atoms with Crippen molar-refractivity contribution in [2.75, 3.05) is 11.5 Å². The molecule has 0 aliphatic rings. The fourth-order valence-corrected chi connectivity index (χ4v) is 3.09. The SMILES string of the molecule is CCSCCn1cnc(-c2ccccc2)c1-c1cccnc1. The molecule has 0 radical (unpaired) electrons. The van der Waals surface area contributed by atoms with Gasteiger partial charge in [-0.3, -0.25) is 4.98 Å². The molecule has 22 heavy (non-hydrogen) atoms. The maximum atomic E-state index is 4.67. The van der Waals surface area contributed by atoms with Crippen LogP contribution in [0.25, 0.3) is 22.5 Å². The average molecular weight is 309 g/mol. The van der Waals surface area contributed by atoms with E-state index in [9.17, 15) is 0 Å². The Morgan fingerprint density at radius 3 is 2.59 bits per heavy atom. The molecule has 0 bridgehead atoms. The van der Waals surface area contributed by atoms with Crippen molar-refractivity contribution in [1.82, 2.24) is 14.5 Å². The Labute approximate surface area is 135 Å². The van der Waals surface area contributed by atoms with Crippen LogP contribution in [0.2, 0.25) is 0 Å². The first-order chi connectivity index (χ1) is 10.9. The van der Waals surface area contributed by atoms with E-state index in [2.05, 4.69) is 39.7 Å². The molecule has 0 N–H and O–H groups in total. The lowest BCUT2D eigenvalue weighted by atomic mass is 10.1. The zero-order valence-electron chi connectivity index (χ0n) is 12.6. The summed E-state index contributed by atoms with van der Waals surface area (Å²) < 4.78 is 2.24. The van der Waals surface area contributed by atoms with Crippen LogP contribution in [0.4, 0.5) is 0 Å². The van der Waals surface area contributed by atoms with Gasteiger partial charge >= 0.3 is 0 Å². The van der Waals surface area contributed by atoms with Crippen LogP contribution in [0.3, 0.4) is 0 Å². The van der Waals surface area contributed by atoms with Gasteiger partial charge in [0.05, 0.1) is 17.7 Å². The molecule has 112 valence electrons. The van der Waals surface area contributed by atoms with Crippen LogP contribution in [-0.4, -0.2) is 26.0 Å². The highest BCUT2D eigenvalue weighted by atomic mass is 32.2. The number of nitrogens with zero attached hydrogens (tertiary/aromatic N) is 3. The van der Waals surface area contributed by atoms with Gasteiger partial charge in [0.25, 0.3) is 0 Å². The maximum Gasteiger partial charge on any atom is 0.0963 e. The maximum absolute atomic E-state index is 4.67. The lowest BCUT2D eigenvalue weighted by molar-refractivity contribution is 0.777. The fraction of sp³-hybridized carbons (Fsp3) is 0.222. The molecule has 0 fully saturated rings. The van der Waals surface area contributed by atoms with Crippen molar-refractivity contribution >= 4 is 11.8 Å².